The molecule has 4 nitrogen and oxygen atoms in total. The van der Waals surface area contributed by atoms with Crippen LogP contribution in [0.3, 0.4) is 0 Å². The molecule has 1 aromatic carbocycles. The van der Waals surface area contributed by atoms with Crippen LogP contribution in [-0.2, 0) is 6.61 Å². The van der Waals surface area contributed by atoms with Gasteiger partial charge in [0.2, 0.25) is 0 Å². The molecule has 2 N–H and O–H groups in total. The highest BCUT2D eigenvalue weighted by Crippen LogP contribution is 2.25. The third kappa shape index (κ3) is 2.32. The summed E-state index contributed by atoms with van der Waals surface area (Å²) in [7, 11) is 0. The number of nitrogens with two attached hydrogens (primary N) is 1. The highest BCUT2D eigenvalue weighted by Gasteiger charge is 2.08. The molecule has 0 aliphatic rings. The Morgan fingerprint density at radius 3 is 2.65 bits per heavy atom. The average molecular weight is 285 g/mol. The van der Waals surface area contributed by atoms with E-state index < -0.39 is 0 Å². The lowest BCUT2D eigenvalue weighted by Crippen LogP contribution is -2.05. The third-order valence-electron chi connectivity index (χ3n) is 3.16. The summed E-state index contributed by atoms with van der Waals surface area (Å²) in [4.78, 5) is 9.67. The Morgan fingerprint density at radius 2 is 1.90 bits per heavy atom. The van der Waals surface area contributed by atoms with E-state index in [1.165, 1.54) is 0 Å². The van der Waals surface area contributed by atoms with Gasteiger partial charge in [-0.05, 0) is 36.4 Å². The second-order valence-corrected chi connectivity index (χ2v) is 5.57. The van der Waals surface area contributed by atoms with Crippen molar-refractivity contribution in [3.8, 4) is 5.75 Å². The Balaban J connectivity index is 1.87. The van der Waals surface area contributed by atoms with Gasteiger partial charge in [-0.2, -0.15) is 0 Å². The number of hydrogen-bond donors (Lipinski definition) is 1. The molecule has 0 bridgehead atoms. The normalized spacial score (nSPS) is 10.9. The lowest BCUT2D eigenvalue weighted by atomic mass is 10.1. The smallest absolute Gasteiger partial charge is 0.169 e. The van der Waals surface area contributed by atoms with Gasteiger partial charge >= 0.3 is 0 Å². The predicted octanol–water partition coefficient (Wildman–Crippen LogP) is 3.47. The molecule has 0 saturated heterocycles. The van der Waals surface area contributed by atoms with Gasteiger partial charge in [0, 0.05) is 0 Å². The zero-order chi connectivity index (χ0) is 14.1. The summed E-state index contributed by atoms with van der Waals surface area (Å²) >= 11 is 1.56. The largest absolute Gasteiger partial charge is 0.485 e. The van der Waals surface area contributed by atoms with Crippen molar-refractivity contribution in [3.05, 3.63) is 46.6 Å². The number of thiophene rings is 1. The second-order valence-electron chi connectivity index (χ2n) is 4.67. The van der Waals surface area contributed by atoms with Gasteiger partial charge in [0.15, 0.2) is 5.82 Å². The first-order valence-electron chi connectivity index (χ1n) is 6.34. The summed E-state index contributed by atoms with van der Waals surface area (Å²) in [6.45, 7) is 4.38. The molecule has 20 heavy (non-hydrogen) atoms. The first kappa shape index (κ1) is 12.9. The van der Waals surface area contributed by atoms with Crippen LogP contribution in [0.15, 0.2) is 29.6 Å². The molecule has 3 aromatic rings. The average Bonchev–Trinajstić information content (AvgIpc) is 2.87. The number of nitrogen functional groups attached to an aromatic ring is 1. The molecule has 0 amide bonds. The SMILES string of the molecule is Cc1cccc(C)c1OCc1nc(N)c2ccsc2n1. The monoisotopic (exact) mass is 285 g/mol. The van der Waals surface area contributed by atoms with Gasteiger partial charge in [0.1, 0.15) is 23.0 Å². The fraction of sp³-hybridized carbons (Fsp3) is 0.200. The Kier molecular flexibility index (Phi) is 3.28. The molecule has 0 atom stereocenters. The van der Waals surface area contributed by atoms with Crippen molar-refractivity contribution in [2.45, 2.75) is 20.5 Å². The van der Waals surface area contributed by atoms with Gasteiger partial charge < -0.3 is 10.5 Å². The standard InChI is InChI=1S/C15H15N3OS/c1-9-4-3-5-10(2)13(9)19-8-12-17-14(16)11-6-7-20-15(11)18-12/h3-7H,8H2,1-2H3,(H2,16,17,18). The molecule has 0 unspecified atom stereocenters. The van der Waals surface area contributed by atoms with E-state index in [0.717, 1.165) is 27.1 Å². The van der Waals surface area contributed by atoms with Crippen LogP contribution in [-0.4, -0.2) is 9.97 Å². The van der Waals surface area contributed by atoms with Crippen LogP contribution in [0, 0.1) is 13.8 Å². The Labute approximate surface area is 121 Å². The topological polar surface area (TPSA) is 61.0 Å². The highest BCUT2D eigenvalue weighted by molar-refractivity contribution is 7.16. The van der Waals surface area contributed by atoms with Crippen molar-refractivity contribution >= 4 is 27.4 Å². The maximum absolute atomic E-state index is 5.93. The number of hydrogen-bond acceptors (Lipinski definition) is 5. The van der Waals surface area contributed by atoms with Crippen LogP contribution >= 0.6 is 11.3 Å². The zero-order valence-electron chi connectivity index (χ0n) is 11.4. The lowest BCUT2D eigenvalue weighted by molar-refractivity contribution is 0.292. The van der Waals surface area contributed by atoms with Gasteiger partial charge in [-0.1, -0.05) is 18.2 Å². The van der Waals surface area contributed by atoms with E-state index in [0.29, 0.717) is 18.2 Å². The van der Waals surface area contributed by atoms with E-state index in [4.69, 9.17) is 10.5 Å². The van der Waals surface area contributed by atoms with E-state index in [2.05, 4.69) is 9.97 Å². The number of para-hydroxylation sites is 1. The van der Waals surface area contributed by atoms with Crippen LogP contribution in [0.5, 0.6) is 5.75 Å². The number of anilines is 1. The molecule has 0 radical (unpaired) electrons. The molecular weight excluding hydrogens is 270 g/mol. The molecule has 2 heterocycles. The lowest BCUT2D eigenvalue weighted by Gasteiger charge is -2.11. The summed E-state index contributed by atoms with van der Waals surface area (Å²) in [6, 6.07) is 8.01. The number of benzene rings is 1. The quantitative estimate of drug-likeness (QED) is 0.800. The Hall–Kier alpha value is -2.14. The fourth-order valence-corrected chi connectivity index (χ4v) is 2.94. The highest BCUT2D eigenvalue weighted by atomic mass is 32.1. The van der Waals surface area contributed by atoms with Crippen molar-refractivity contribution in [1.82, 2.24) is 9.97 Å². The van der Waals surface area contributed by atoms with Crippen molar-refractivity contribution in [3.63, 3.8) is 0 Å². The predicted molar refractivity (Wildman–Crippen MR) is 82.1 cm³/mol. The molecule has 0 fully saturated rings. The molecule has 102 valence electrons. The molecule has 2 aromatic heterocycles. The van der Waals surface area contributed by atoms with E-state index in [-0.39, 0.29) is 0 Å². The van der Waals surface area contributed by atoms with Crippen LogP contribution in [0.25, 0.3) is 10.2 Å². The summed E-state index contributed by atoms with van der Waals surface area (Å²) in [5.41, 5.74) is 8.14. The first-order valence-corrected chi connectivity index (χ1v) is 7.21. The van der Waals surface area contributed by atoms with Gasteiger partial charge in [0.05, 0.1) is 5.39 Å². The Bertz CT molecular complexity index is 747. The van der Waals surface area contributed by atoms with Gasteiger partial charge in [-0.3, -0.25) is 0 Å². The molecule has 5 heteroatoms. The van der Waals surface area contributed by atoms with Gasteiger partial charge in [-0.25, -0.2) is 9.97 Å². The minimum absolute atomic E-state index is 0.323. The van der Waals surface area contributed by atoms with Crippen molar-refractivity contribution < 1.29 is 4.74 Å². The van der Waals surface area contributed by atoms with Crippen molar-refractivity contribution in [2.75, 3.05) is 5.73 Å². The minimum atomic E-state index is 0.323. The summed E-state index contributed by atoms with van der Waals surface area (Å²) < 4.78 is 5.86. The second kappa shape index (κ2) is 5.09. The fourth-order valence-electron chi connectivity index (χ4n) is 2.15. The minimum Gasteiger partial charge on any atom is -0.485 e. The first-order chi connectivity index (χ1) is 9.65. The van der Waals surface area contributed by atoms with Gasteiger partial charge in [-0.15, -0.1) is 11.3 Å². The number of fused-ring (bicyclic) bond motifs is 1. The van der Waals surface area contributed by atoms with E-state index in [9.17, 15) is 0 Å². The summed E-state index contributed by atoms with van der Waals surface area (Å²) in [5, 5.41) is 2.87. The van der Waals surface area contributed by atoms with E-state index in [1.807, 2.05) is 43.5 Å². The number of rotatable bonds is 3. The molecule has 0 aliphatic carbocycles. The number of nitrogens with zero attached hydrogens (tertiary/aromatic N) is 2. The maximum Gasteiger partial charge on any atom is 0.169 e. The van der Waals surface area contributed by atoms with Crippen LogP contribution < -0.4 is 10.5 Å². The molecule has 0 aliphatic heterocycles. The molecular formula is C15H15N3OS. The van der Waals surface area contributed by atoms with Crippen LogP contribution in [0.2, 0.25) is 0 Å². The zero-order valence-corrected chi connectivity index (χ0v) is 12.2. The Morgan fingerprint density at radius 1 is 1.15 bits per heavy atom. The third-order valence-corrected chi connectivity index (χ3v) is 3.96. The summed E-state index contributed by atoms with van der Waals surface area (Å²) in [6.07, 6.45) is 0. The van der Waals surface area contributed by atoms with Crippen molar-refractivity contribution in [2.24, 2.45) is 0 Å². The number of ether oxygens (including phenoxy) is 1. The molecule has 0 saturated carbocycles. The number of aryl methyl sites for hydroxylation is 2. The number of aromatic nitrogens is 2. The van der Waals surface area contributed by atoms with Crippen LogP contribution in [0.4, 0.5) is 5.82 Å². The summed E-state index contributed by atoms with van der Waals surface area (Å²) in [5.74, 6) is 2.01. The molecule has 0 spiro atoms. The van der Waals surface area contributed by atoms with Crippen molar-refractivity contribution in [1.29, 1.82) is 0 Å². The molecule has 3 rings (SSSR count). The van der Waals surface area contributed by atoms with E-state index in [1.54, 1.807) is 11.3 Å². The van der Waals surface area contributed by atoms with Crippen LogP contribution in [0.1, 0.15) is 17.0 Å². The maximum atomic E-state index is 5.93. The van der Waals surface area contributed by atoms with E-state index >= 15 is 0 Å². The van der Waals surface area contributed by atoms with Gasteiger partial charge in [0.25, 0.3) is 0 Å².